The zero-order valence-electron chi connectivity index (χ0n) is 13.2. The molecule has 4 nitrogen and oxygen atoms in total. The van der Waals surface area contributed by atoms with Crippen LogP contribution in [0.4, 0.5) is 0 Å². The van der Waals surface area contributed by atoms with Crippen molar-refractivity contribution in [2.45, 2.75) is 25.8 Å². The summed E-state index contributed by atoms with van der Waals surface area (Å²) in [6.45, 7) is 6.01. The smallest absolute Gasteiger partial charge is 0.255 e. The molecule has 0 bridgehead atoms. The predicted molar refractivity (Wildman–Crippen MR) is 87.7 cm³/mol. The molecular formula is C17H23ClN2O2. The highest BCUT2D eigenvalue weighted by Crippen LogP contribution is 2.30. The normalized spacial score (nSPS) is 25.7. The largest absolute Gasteiger partial charge is 0.495 e. The van der Waals surface area contributed by atoms with Gasteiger partial charge >= 0.3 is 0 Å². The fourth-order valence-corrected chi connectivity index (χ4v) is 3.85. The molecule has 22 heavy (non-hydrogen) atoms. The van der Waals surface area contributed by atoms with Crippen molar-refractivity contribution in [2.75, 3.05) is 33.3 Å². The molecule has 2 aliphatic heterocycles. The molecule has 0 spiro atoms. The highest BCUT2D eigenvalue weighted by molar-refractivity contribution is 6.35. The molecule has 2 aliphatic rings. The lowest BCUT2D eigenvalue weighted by molar-refractivity contribution is 0.0269. The molecule has 0 unspecified atom stereocenters. The molecule has 5 heteroatoms. The Morgan fingerprint density at radius 1 is 1.27 bits per heavy atom. The van der Waals surface area contributed by atoms with Gasteiger partial charge in [-0.3, -0.25) is 9.69 Å². The van der Waals surface area contributed by atoms with E-state index in [1.807, 2.05) is 11.0 Å². The SMILES string of the molecule is COc1cccc(C(=O)N2CCN3C[C@H](C)CC[C@@H]3C2)c1Cl. The third-order valence-corrected chi connectivity index (χ3v) is 5.23. The van der Waals surface area contributed by atoms with Gasteiger partial charge in [-0.2, -0.15) is 0 Å². The van der Waals surface area contributed by atoms with Crippen LogP contribution in [0.1, 0.15) is 30.1 Å². The summed E-state index contributed by atoms with van der Waals surface area (Å²) in [5.41, 5.74) is 0.540. The van der Waals surface area contributed by atoms with Gasteiger partial charge in [0.1, 0.15) is 5.75 Å². The van der Waals surface area contributed by atoms with E-state index in [4.69, 9.17) is 16.3 Å². The van der Waals surface area contributed by atoms with Gasteiger partial charge in [0.05, 0.1) is 17.7 Å². The summed E-state index contributed by atoms with van der Waals surface area (Å²) < 4.78 is 5.21. The van der Waals surface area contributed by atoms with E-state index in [0.29, 0.717) is 22.4 Å². The van der Waals surface area contributed by atoms with Gasteiger partial charge in [0.2, 0.25) is 0 Å². The first-order valence-electron chi connectivity index (χ1n) is 7.96. The lowest BCUT2D eigenvalue weighted by Crippen LogP contribution is -2.57. The minimum atomic E-state index is 0.0159. The summed E-state index contributed by atoms with van der Waals surface area (Å²) in [6, 6.07) is 5.87. The van der Waals surface area contributed by atoms with Gasteiger partial charge in [-0.15, -0.1) is 0 Å². The molecule has 120 valence electrons. The summed E-state index contributed by atoms with van der Waals surface area (Å²) in [7, 11) is 1.57. The van der Waals surface area contributed by atoms with E-state index in [9.17, 15) is 4.79 Å². The van der Waals surface area contributed by atoms with E-state index in [1.165, 1.54) is 12.8 Å². The van der Waals surface area contributed by atoms with Crippen LogP contribution in [0, 0.1) is 5.92 Å². The number of hydrogen-bond acceptors (Lipinski definition) is 3. The van der Waals surface area contributed by atoms with Gasteiger partial charge in [-0.1, -0.05) is 24.6 Å². The van der Waals surface area contributed by atoms with Crippen LogP contribution in [0.3, 0.4) is 0 Å². The van der Waals surface area contributed by atoms with E-state index >= 15 is 0 Å². The van der Waals surface area contributed by atoms with E-state index in [1.54, 1.807) is 19.2 Å². The van der Waals surface area contributed by atoms with Crippen molar-refractivity contribution in [2.24, 2.45) is 5.92 Å². The lowest BCUT2D eigenvalue weighted by atomic mass is 9.92. The molecule has 2 atom stereocenters. The highest BCUT2D eigenvalue weighted by atomic mass is 35.5. The van der Waals surface area contributed by atoms with E-state index in [2.05, 4.69) is 11.8 Å². The minimum absolute atomic E-state index is 0.0159. The molecule has 0 radical (unpaired) electrons. The monoisotopic (exact) mass is 322 g/mol. The zero-order valence-corrected chi connectivity index (χ0v) is 14.0. The number of piperidine rings is 1. The molecular weight excluding hydrogens is 300 g/mol. The lowest BCUT2D eigenvalue weighted by Gasteiger charge is -2.45. The second-order valence-corrected chi connectivity index (χ2v) is 6.78. The fourth-order valence-electron chi connectivity index (χ4n) is 3.56. The van der Waals surface area contributed by atoms with Gasteiger partial charge in [0.15, 0.2) is 0 Å². The Balaban J connectivity index is 1.74. The number of methoxy groups -OCH3 is 1. The summed E-state index contributed by atoms with van der Waals surface area (Å²) >= 11 is 6.30. The molecule has 3 rings (SSSR count). The van der Waals surface area contributed by atoms with E-state index in [0.717, 1.165) is 32.1 Å². The van der Waals surface area contributed by atoms with Crippen molar-refractivity contribution >= 4 is 17.5 Å². The number of benzene rings is 1. The fraction of sp³-hybridized carbons (Fsp3) is 0.588. The van der Waals surface area contributed by atoms with Crippen molar-refractivity contribution in [3.05, 3.63) is 28.8 Å². The summed E-state index contributed by atoms with van der Waals surface area (Å²) in [6.07, 6.45) is 2.43. The third-order valence-electron chi connectivity index (χ3n) is 4.84. The molecule has 2 heterocycles. The Morgan fingerprint density at radius 2 is 2.09 bits per heavy atom. The van der Waals surface area contributed by atoms with Crippen LogP contribution in [-0.2, 0) is 0 Å². The van der Waals surface area contributed by atoms with Crippen LogP contribution >= 0.6 is 11.6 Å². The maximum absolute atomic E-state index is 12.8. The number of rotatable bonds is 2. The van der Waals surface area contributed by atoms with Crippen molar-refractivity contribution in [3.8, 4) is 5.75 Å². The molecule has 0 aliphatic carbocycles. The van der Waals surface area contributed by atoms with Crippen LogP contribution in [0.15, 0.2) is 18.2 Å². The van der Waals surface area contributed by atoms with Crippen LogP contribution in [0.2, 0.25) is 5.02 Å². The second kappa shape index (κ2) is 6.47. The Morgan fingerprint density at radius 3 is 2.86 bits per heavy atom. The highest BCUT2D eigenvalue weighted by Gasteiger charge is 2.33. The molecule has 1 aromatic carbocycles. The first-order chi connectivity index (χ1) is 10.6. The molecule has 1 aromatic rings. The first-order valence-corrected chi connectivity index (χ1v) is 8.33. The van der Waals surface area contributed by atoms with Gasteiger partial charge in [-0.25, -0.2) is 0 Å². The van der Waals surface area contributed by atoms with E-state index < -0.39 is 0 Å². The van der Waals surface area contributed by atoms with Crippen LogP contribution in [0.25, 0.3) is 0 Å². The molecule has 0 N–H and O–H groups in total. The van der Waals surface area contributed by atoms with Gasteiger partial charge in [-0.05, 0) is 30.9 Å². The first kappa shape index (κ1) is 15.6. The van der Waals surface area contributed by atoms with Crippen LogP contribution in [0.5, 0.6) is 5.75 Å². The number of amides is 1. The van der Waals surface area contributed by atoms with E-state index in [-0.39, 0.29) is 5.91 Å². The van der Waals surface area contributed by atoms with Gasteiger partial charge in [0.25, 0.3) is 5.91 Å². The molecule has 2 fully saturated rings. The standard InChI is InChI=1S/C17H23ClN2O2/c1-12-6-7-13-11-20(9-8-19(13)10-12)17(21)14-4-3-5-15(22-2)16(14)18/h3-5,12-13H,6-11H2,1-2H3/t12-,13-/m1/s1. The molecule has 0 aromatic heterocycles. The number of piperazine rings is 1. The Hall–Kier alpha value is -1.26. The third kappa shape index (κ3) is 2.95. The quantitative estimate of drug-likeness (QED) is 0.839. The molecule has 1 amide bonds. The maximum atomic E-state index is 12.8. The number of carbonyl (C=O) groups excluding carboxylic acids is 1. The van der Waals surface area contributed by atoms with Crippen molar-refractivity contribution in [3.63, 3.8) is 0 Å². The maximum Gasteiger partial charge on any atom is 0.255 e. The van der Waals surface area contributed by atoms with Crippen molar-refractivity contribution < 1.29 is 9.53 Å². The Bertz CT molecular complexity index is 564. The summed E-state index contributed by atoms with van der Waals surface area (Å²) in [5.74, 6) is 1.34. The van der Waals surface area contributed by atoms with Crippen molar-refractivity contribution in [1.82, 2.24) is 9.80 Å². The number of ether oxygens (including phenoxy) is 1. The van der Waals surface area contributed by atoms with Crippen molar-refractivity contribution in [1.29, 1.82) is 0 Å². The number of nitrogens with zero attached hydrogens (tertiary/aromatic N) is 2. The second-order valence-electron chi connectivity index (χ2n) is 6.40. The Kier molecular flexibility index (Phi) is 4.59. The number of fused-ring (bicyclic) bond motifs is 1. The average molecular weight is 323 g/mol. The predicted octanol–water partition coefficient (Wildman–Crippen LogP) is 2.90. The summed E-state index contributed by atoms with van der Waals surface area (Å²) in [4.78, 5) is 17.3. The van der Waals surface area contributed by atoms with Crippen LogP contribution < -0.4 is 4.74 Å². The molecule has 0 saturated carbocycles. The topological polar surface area (TPSA) is 32.8 Å². The number of halogens is 1. The molecule has 2 saturated heterocycles. The summed E-state index contributed by atoms with van der Waals surface area (Å²) in [5, 5.41) is 0.412. The Labute approximate surface area is 137 Å². The van der Waals surface area contributed by atoms with Gasteiger partial charge in [0, 0.05) is 32.2 Å². The number of carbonyl (C=O) groups is 1. The van der Waals surface area contributed by atoms with Gasteiger partial charge < -0.3 is 9.64 Å². The zero-order chi connectivity index (χ0) is 15.7. The minimum Gasteiger partial charge on any atom is -0.495 e. The average Bonchev–Trinajstić information content (AvgIpc) is 2.54. The van der Waals surface area contributed by atoms with Crippen LogP contribution in [-0.4, -0.2) is 55.0 Å². The number of hydrogen-bond donors (Lipinski definition) is 0.